The number of hydrogen-bond donors (Lipinski definition) is 1. The molecule has 0 aromatic carbocycles. The summed E-state index contributed by atoms with van der Waals surface area (Å²) < 4.78 is 1.88. The van der Waals surface area contributed by atoms with Crippen molar-refractivity contribution in [1.82, 2.24) is 15.0 Å². The highest BCUT2D eigenvalue weighted by molar-refractivity contribution is 4.97. The lowest BCUT2D eigenvalue weighted by atomic mass is 10.1. The molecular formula is C10H20N4. The average molecular weight is 196 g/mol. The van der Waals surface area contributed by atoms with Crippen molar-refractivity contribution in [3.63, 3.8) is 0 Å². The molecule has 1 aromatic rings. The Bertz CT molecular complexity index is 265. The van der Waals surface area contributed by atoms with Crippen molar-refractivity contribution >= 4 is 0 Å². The second kappa shape index (κ2) is 5.10. The topological polar surface area (TPSA) is 56.7 Å². The van der Waals surface area contributed by atoms with Crippen LogP contribution in [-0.2, 0) is 6.54 Å². The molecule has 0 spiro atoms. The van der Waals surface area contributed by atoms with Gasteiger partial charge in [0.15, 0.2) is 0 Å². The van der Waals surface area contributed by atoms with Gasteiger partial charge in [-0.1, -0.05) is 19.1 Å². The summed E-state index contributed by atoms with van der Waals surface area (Å²) in [5.41, 5.74) is 6.56. The lowest BCUT2D eigenvalue weighted by molar-refractivity contribution is 0.482. The van der Waals surface area contributed by atoms with Crippen molar-refractivity contribution < 1.29 is 0 Å². The zero-order chi connectivity index (χ0) is 10.6. The highest BCUT2D eigenvalue weighted by atomic mass is 15.4. The van der Waals surface area contributed by atoms with Crippen LogP contribution in [0.4, 0.5) is 0 Å². The van der Waals surface area contributed by atoms with E-state index in [0.29, 0.717) is 0 Å². The second-order valence-electron chi connectivity index (χ2n) is 4.23. The number of nitrogens with zero attached hydrogens (tertiary/aromatic N) is 3. The fourth-order valence-electron chi connectivity index (χ4n) is 1.29. The zero-order valence-electron chi connectivity index (χ0n) is 9.27. The van der Waals surface area contributed by atoms with Gasteiger partial charge in [-0.15, -0.1) is 5.10 Å². The molecular weight excluding hydrogens is 176 g/mol. The van der Waals surface area contributed by atoms with E-state index in [4.69, 9.17) is 5.73 Å². The highest BCUT2D eigenvalue weighted by Gasteiger charge is 2.04. The second-order valence-corrected chi connectivity index (χ2v) is 4.23. The van der Waals surface area contributed by atoms with Crippen molar-refractivity contribution in [2.24, 2.45) is 11.7 Å². The van der Waals surface area contributed by atoms with Crippen LogP contribution in [0.5, 0.6) is 0 Å². The molecule has 1 atom stereocenters. The quantitative estimate of drug-likeness (QED) is 0.780. The maximum absolute atomic E-state index is 5.69. The molecule has 0 amide bonds. The molecule has 14 heavy (non-hydrogen) atoms. The number of aromatic nitrogens is 3. The average Bonchev–Trinajstić information content (AvgIpc) is 2.52. The number of nitrogens with two attached hydrogens (primary N) is 1. The van der Waals surface area contributed by atoms with E-state index in [2.05, 4.69) is 24.2 Å². The van der Waals surface area contributed by atoms with Crippen LogP contribution in [0.1, 0.15) is 45.3 Å². The molecule has 4 heteroatoms. The van der Waals surface area contributed by atoms with Gasteiger partial charge in [-0.05, 0) is 25.7 Å². The largest absolute Gasteiger partial charge is 0.323 e. The lowest BCUT2D eigenvalue weighted by Gasteiger charge is -2.03. The Morgan fingerprint density at radius 3 is 2.64 bits per heavy atom. The van der Waals surface area contributed by atoms with E-state index in [0.717, 1.165) is 24.6 Å². The molecule has 0 bridgehead atoms. The van der Waals surface area contributed by atoms with Crippen LogP contribution in [0.2, 0.25) is 0 Å². The highest BCUT2D eigenvalue weighted by Crippen LogP contribution is 2.07. The van der Waals surface area contributed by atoms with E-state index >= 15 is 0 Å². The van der Waals surface area contributed by atoms with Crippen molar-refractivity contribution in [3.8, 4) is 0 Å². The first-order chi connectivity index (χ1) is 6.59. The molecule has 1 aromatic heterocycles. The predicted octanol–water partition coefficient (Wildman–Crippen LogP) is 1.73. The van der Waals surface area contributed by atoms with Gasteiger partial charge in [0, 0.05) is 12.6 Å². The molecule has 0 aliphatic rings. The molecule has 1 rings (SSSR count). The van der Waals surface area contributed by atoms with Crippen molar-refractivity contribution in [3.05, 3.63) is 11.9 Å². The maximum Gasteiger partial charge on any atom is 0.0991 e. The number of hydrogen-bond acceptors (Lipinski definition) is 3. The minimum atomic E-state index is -0.0196. The summed E-state index contributed by atoms with van der Waals surface area (Å²) >= 11 is 0. The van der Waals surface area contributed by atoms with Gasteiger partial charge in [-0.2, -0.15) is 0 Å². The number of rotatable bonds is 5. The van der Waals surface area contributed by atoms with Crippen LogP contribution in [0, 0.1) is 5.92 Å². The fourth-order valence-corrected chi connectivity index (χ4v) is 1.29. The summed E-state index contributed by atoms with van der Waals surface area (Å²) in [6.07, 6.45) is 4.32. The summed E-state index contributed by atoms with van der Waals surface area (Å²) in [7, 11) is 0. The molecule has 0 aliphatic heterocycles. The van der Waals surface area contributed by atoms with Crippen LogP contribution in [0.15, 0.2) is 6.20 Å². The van der Waals surface area contributed by atoms with E-state index in [1.165, 1.54) is 6.42 Å². The van der Waals surface area contributed by atoms with E-state index in [-0.39, 0.29) is 6.04 Å². The van der Waals surface area contributed by atoms with Crippen molar-refractivity contribution in [2.45, 2.75) is 46.2 Å². The third-order valence-electron chi connectivity index (χ3n) is 2.19. The standard InChI is InChI=1S/C10H20N4/c1-8(2)5-4-6-14-7-10(9(3)11)12-13-14/h7-9H,4-6,11H2,1-3H3. The first kappa shape index (κ1) is 11.2. The van der Waals surface area contributed by atoms with Crippen LogP contribution in [0.3, 0.4) is 0 Å². The minimum absolute atomic E-state index is 0.0196. The van der Waals surface area contributed by atoms with Gasteiger partial charge in [0.25, 0.3) is 0 Å². The molecule has 2 N–H and O–H groups in total. The number of aryl methyl sites for hydroxylation is 1. The van der Waals surface area contributed by atoms with Gasteiger partial charge in [0.2, 0.25) is 0 Å². The Balaban J connectivity index is 2.36. The van der Waals surface area contributed by atoms with Gasteiger partial charge >= 0.3 is 0 Å². The van der Waals surface area contributed by atoms with Gasteiger partial charge in [0.05, 0.1) is 11.9 Å². The maximum atomic E-state index is 5.69. The monoisotopic (exact) mass is 196 g/mol. The van der Waals surface area contributed by atoms with Crippen LogP contribution >= 0.6 is 0 Å². The summed E-state index contributed by atoms with van der Waals surface area (Å²) in [6, 6.07) is -0.0196. The molecule has 1 heterocycles. The summed E-state index contributed by atoms with van der Waals surface area (Å²) in [4.78, 5) is 0. The summed E-state index contributed by atoms with van der Waals surface area (Å²) in [5.74, 6) is 0.756. The van der Waals surface area contributed by atoms with Gasteiger partial charge in [-0.3, -0.25) is 4.68 Å². The Morgan fingerprint density at radius 2 is 2.14 bits per heavy atom. The van der Waals surface area contributed by atoms with Crippen molar-refractivity contribution in [1.29, 1.82) is 0 Å². The molecule has 80 valence electrons. The SMILES string of the molecule is CC(C)CCCn1cc(C(C)N)nn1. The van der Waals surface area contributed by atoms with E-state index in [9.17, 15) is 0 Å². The zero-order valence-corrected chi connectivity index (χ0v) is 9.27. The molecule has 1 unspecified atom stereocenters. The van der Waals surface area contributed by atoms with E-state index in [1.807, 2.05) is 17.8 Å². The van der Waals surface area contributed by atoms with Gasteiger partial charge in [0.1, 0.15) is 0 Å². The molecule has 4 nitrogen and oxygen atoms in total. The minimum Gasteiger partial charge on any atom is -0.323 e. The smallest absolute Gasteiger partial charge is 0.0991 e. The first-order valence-electron chi connectivity index (χ1n) is 5.25. The third-order valence-corrected chi connectivity index (χ3v) is 2.19. The normalized spacial score (nSPS) is 13.5. The Labute approximate surface area is 85.5 Å². The van der Waals surface area contributed by atoms with Crippen LogP contribution in [0.25, 0.3) is 0 Å². The summed E-state index contributed by atoms with van der Waals surface area (Å²) in [5, 5.41) is 8.02. The van der Waals surface area contributed by atoms with Crippen LogP contribution < -0.4 is 5.73 Å². The van der Waals surface area contributed by atoms with Gasteiger partial charge in [-0.25, -0.2) is 0 Å². The molecule has 0 saturated heterocycles. The Kier molecular flexibility index (Phi) is 4.07. The van der Waals surface area contributed by atoms with Crippen molar-refractivity contribution in [2.75, 3.05) is 0 Å². The Morgan fingerprint density at radius 1 is 1.43 bits per heavy atom. The van der Waals surface area contributed by atoms with E-state index in [1.54, 1.807) is 0 Å². The summed E-state index contributed by atoms with van der Waals surface area (Å²) in [6.45, 7) is 7.32. The Hall–Kier alpha value is -0.900. The van der Waals surface area contributed by atoms with E-state index < -0.39 is 0 Å². The van der Waals surface area contributed by atoms with Crippen LogP contribution in [-0.4, -0.2) is 15.0 Å². The molecule has 0 saturated carbocycles. The molecule has 0 fully saturated rings. The molecule has 0 aliphatic carbocycles. The first-order valence-corrected chi connectivity index (χ1v) is 5.25. The third kappa shape index (κ3) is 3.46. The fraction of sp³-hybridized carbons (Fsp3) is 0.800. The molecule has 0 radical (unpaired) electrons. The lowest BCUT2D eigenvalue weighted by Crippen LogP contribution is -2.05. The predicted molar refractivity (Wildman–Crippen MR) is 56.7 cm³/mol. The van der Waals surface area contributed by atoms with Gasteiger partial charge < -0.3 is 5.73 Å².